The molecule has 0 N–H and O–H groups in total. The zero-order valence-electron chi connectivity index (χ0n) is 7.46. The van der Waals surface area contributed by atoms with Crippen LogP contribution in [0.2, 0.25) is 0 Å². The molecule has 0 saturated carbocycles. The van der Waals surface area contributed by atoms with Gasteiger partial charge in [-0.05, 0) is 17.7 Å². The summed E-state index contributed by atoms with van der Waals surface area (Å²) < 4.78 is 50.2. The van der Waals surface area contributed by atoms with E-state index in [1.807, 2.05) is 0 Å². The van der Waals surface area contributed by atoms with E-state index in [1.165, 1.54) is 6.07 Å². The Morgan fingerprint density at radius 3 is 2.44 bits per heavy atom. The quantitative estimate of drug-likeness (QED) is 0.314. The predicted octanol–water partition coefficient (Wildman–Crippen LogP) is 3.66. The van der Waals surface area contributed by atoms with E-state index in [0.29, 0.717) is 6.07 Å². The van der Waals surface area contributed by atoms with Crippen molar-refractivity contribution < 1.29 is 17.6 Å². The smallest absolute Gasteiger partial charge is 0.206 e. The van der Waals surface area contributed by atoms with Gasteiger partial charge in [-0.2, -0.15) is 18.4 Å². The highest BCUT2D eigenvalue weighted by Crippen LogP contribution is 2.40. The first-order valence-corrected chi connectivity index (χ1v) is 3.76. The summed E-state index contributed by atoms with van der Waals surface area (Å²) in [5.41, 5.74) is 4.77. The summed E-state index contributed by atoms with van der Waals surface area (Å²) in [6, 6.07) is 2.70. The van der Waals surface area contributed by atoms with Crippen LogP contribution in [0.15, 0.2) is 17.2 Å². The molecule has 1 rings (SSSR count). The number of benzene rings is 1. The van der Waals surface area contributed by atoms with Gasteiger partial charge in [0.05, 0.1) is 17.3 Å². The van der Waals surface area contributed by atoms with Gasteiger partial charge in [-0.25, -0.2) is 4.39 Å². The molecule has 0 aliphatic heterocycles. The van der Waals surface area contributed by atoms with Crippen LogP contribution < -0.4 is 0 Å². The lowest BCUT2D eigenvalue weighted by Gasteiger charge is -2.11. The van der Waals surface area contributed by atoms with E-state index >= 15 is 0 Å². The molecule has 0 spiro atoms. The first-order valence-electron chi connectivity index (χ1n) is 3.76. The molecular formula is C8H2F4N4. The molecule has 0 radical (unpaired) electrons. The first-order chi connectivity index (χ1) is 7.41. The number of halogens is 4. The molecule has 1 aromatic carbocycles. The van der Waals surface area contributed by atoms with Crippen LogP contribution >= 0.6 is 0 Å². The van der Waals surface area contributed by atoms with Crippen molar-refractivity contribution in [3.63, 3.8) is 0 Å². The molecule has 0 heterocycles. The van der Waals surface area contributed by atoms with E-state index in [2.05, 4.69) is 10.0 Å². The maximum atomic E-state index is 13.0. The molecule has 1 aromatic rings. The van der Waals surface area contributed by atoms with Gasteiger partial charge in [-0.15, -0.1) is 0 Å². The Bertz CT molecular complexity index is 508. The van der Waals surface area contributed by atoms with Crippen molar-refractivity contribution in [1.29, 1.82) is 5.26 Å². The third kappa shape index (κ3) is 2.04. The molecule has 4 nitrogen and oxygen atoms in total. The van der Waals surface area contributed by atoms with Gasteiger partial charge in [0.2, 0.25) is 0 Å². The minimum absolute atomic E-state index is 0.498. The molecule has 0 saturated heterocycles. The van der Waals surface area contributed by atoms with E-state index in [9.17, 15) is 17.6 Å². The second-order valence-electron chi connectivity index (χ2n) is 2.62. The Balaban J connectivity index is 3.69. The van der Waals surface area contributed by atoms with Crippen molar-refractivity contribution in [3.05, 3.63) is 39.5 Å². The number of hydrogen-bond donors (Lipinski definition) is 0. The molecule has 0 unspecified atom stereocenters. The SMILES string of the molecule is N#Cc1ccc(F)c(C(F)(F)F)c1N=[N+]=[N-]. The van der Waals surface area contributed by atoms with E-state index in [4.69, 9.17) is 10.8 Å². The standard InChI is InChI=1S/C8H2F4N4/c9-5-2-1-4(3-13)7(15-16-14)6(5)8(10,11)12/h1-2H. The Hall–Kier alpha value is -2.26. The van der Waals surface area contributed by atoms with Crippen LogP contribution in [0.1, 0.15) is 11.1 Å². The molecule has 0 amide bonds. The lowest BCUT2D eigenvalue weighted by atomic mass is 10.1. The lowest BCUT2D eigenvalue weighted by Crippen LogP contribution is -2.09. The van der Waals surface area contributed by atoms with Crippen molar-refractivity contribution in [3.8, 4) is 6.07 Å². The summed E-state index contributed by atoms with van der Waals surface area (Å²) in [4.78, 5) is 2.14. The summed E-state index contributed by atoms with van der Waals surface area (Å²) >= 11 is 0. The van der Waals surface area contributed by atoms with Crippen molar-refractivity contribution in [2.75, 3.05) is 0 Å². The van der Waals surface area contributed by atoms with Gasteiger partial charge in [0.25, 0.3) is 0 Å². The van der Waals surface area contributed by atoms with Crippen LogP contribution in [0, 0.1) is 17.1 Å². The third-order valence-electron chi connectivity index (χ3n) is 1.68. The first kappa shape index (κ1) is 11.8. The molecule has 0 aliphatic carbocycles. The maximum absolute atomic E-state index is 13.0. The normalized spacial score (nSPS) is 10.4. The van der Waals surface area contributed by atoms with Gasteiger partial charge in [-0.3, -0.25) is 0 Å². The number of hydrogen-bond acceptors (Lipinski definition) is 2. The third-order valence-corrected chi connectivity index (χ3v) is 1.68. The van der Waals surface area contributed by atoms with Crippen LogP contribution in [0.25, 0.3) is 10.4 Å². The van der Waals surface area contributed by atoms with E-state index in [1.54, 1.807) is 0 Å². The fourth-order valence-electron chi connectivity index (χ4n) is 1.08. The zero-order chi connectivity index (χ0) is 12.3. The van der Waals surface area contributed by atoms with E-state index < -0.39 is 28.8 Å². The lowest BCUT2D eigenvalue weighted by molar-refractivity contribution is -0.139. The molecule has 0 bridgehead atoms. The van der Waals surface area contributed by atoms with Crippen LogP contribution in [-0.4, -0.2) is 0 Å². The second kappa shape index (κ2) is 4.08. The Morgan fingerprint density at radius 1 is 1.38 bits per heavy atom. The molecule has 0 aromatic heterocycles. The number of nitriles is 1. The second-order valence-corrected chi connectivity index (χ2v) is 2.62. The summed E-state index contributed by atoms with van der Waals surface area (Å²) in [5.74, 6) is -1.59. The molecule has 0 atom stereocenters. The fraction of sp³-hybridized carbons (Fsp3) is 0.125. The minimum atomic E-state index is -5.03. The average Bonchev–Trinajstić information content (AvgIpc) is 2.16. The Labute approximate surface area is 86.3 Å². The molecular weight excluding hydrogens is 228 g/mol. The van der Waals surface area contributed by atoms with Crippen molar-refractivity contribution in [2.45, 2.75) is 6.18 Å². The summed E-state index contributed by atoms with van der Waals surface area (Å²) in [7, 11) is 0. The van der Waals surface area contributed by atoms with Crippen molar-refractivity contribution in [1.82, 2.24) is 0 Å². The number of rotatable bonds is 1. The largest absolute Gasteiger partial charge is 0.419 e. The highest BCUT2D eigenvalue weighted by molar-refractivity contribution is 5.60. The van der Waals surface area contributed by atoms with Crippen molar-refractivity contribution in [2.24, 2.45) is 5.11 Å². The van der Waals surface area contributed by atoms with Gasteiger partial charge < -0.3 is 0 Å². The van der Waals surface area contributed by atoms with Gasteiger partial charge in [-0.1, -0.05) is 5.11 Å². The van der Waals surface area contributed by atoms with Gasteiger partial charge in [0.15, 0.2) is 0 Å². The maximum Gasteiger partial charge on any atom is 0.419 e. The summed E-state index contributed by atoms with van der Waals surface area (Å²) in [6.07, 6.45) is -5.03. The molecule has 8 heteroatoms. The van der Waals surface area contributed by atoms with Crippen LogP contribution in [-0.2, 0) is 6.18 Å². The van der Waals surface area contributed by atoms with Crippen molar-refractivity contribution >= 4 is 5.69 Å². The van der Waals surface area contributed by atoms with Gasteiger partial charge in [0, 0.05) is 4.91 Å². The highest BCUT2D eigenvalue weighted by Gasteiger charge is 2.37. The van der Waals surface area contributed by atoms with Crippen LogP contribution in [0.3, 0.4) is 0 Å². The predicted molar refractivity (Wildman–Crippen MR) is 44.9 cm³/mol. The fourth-order valence-corrected chi connectivity index (χ4v) is 1.08. The minimum Gasteiger partial charge on any atom is -0.206 e. The van der Waals surface area contributed by atoms with E-state index in [-0.39, 0.29) is 0 Å². The van der Waals surface area contributed by atoms with Crippen LogP contribution in [0.5, 0.6) is 0 Å². The number of azide groups is 1. The van der Waals surface area contributed by atoms with Crippen LogP contribution in [0.4, 0.5) is 23.2 Å². The zero-order valence-corrected chi connectivity index (χ0v) is 7.46. The summed E-state index contributed by atoms with van der Waals surface area (Å²) in [5, 5.41) is 11.2. The monoisotopic (exact) mass is 230 g/mol. The highest BCUT2D eigenvalue weighted by atomic mass is 19.4. The van der Waals surface area contributed by atoms with Gasteiger partial charge in [0.1, 0.15) is 11.4 Å². The average molecular weight is 230 g/mol. The van der Waals surface area contributed by atoms with E-state index in [0.717, 1.165) is 6.07 Å². The Morgan fingerprint density at radius 2 is 2.00 bits per heavy atom. The molecule has 0 fully saturated rings. The number of alkyl halides is 3. The molecule has 82 valence electrons. The number of nitrogens with zero attached hydrogens (tertiary/aromatic N) is 4. The molecule has 16 heavy (non-hydrogen) atoms. The molecule has 0 aliphatic rings. The van der Waals surface area contributed by atoms with Gasteiger partial charge >= 0.3 is 6.18 Å². The summed E-state index contributed by atoms with van der Waals surface area (Å²) in [6.45, 7) is 0. The topological polar surface area (TPSA) is 72.5 Å². The Kier molecular flexibility index (Phi) is 3.01.